The Balaban J connectivity index is 1.74. The fraction of sp³-hybridized carbons (Fsp3) is 0.520. The molecule has 7 nitrogen and oxygen atoms in total. The molecule has 3 unspecified atom stereocenters. The maximum atomic E-state index is 12.9. The number of nitrogens with zero attached hydrogens (tertiary/aromatic N) is 2. The molecule has 1 aromatic heterocycles. The number of rotatable bonds is 7. The van der Waals surface area contributed by atoms with Gasteiger partial charge in [-0.3, -0.25) is 0 Å². The first-order valence-corrected chi connectivity index (χ1v) is 12.6. The van der Waals surface area contributed by atoms with E-state index in [2.05, 4.69) is 48.4 Å². The molecule has 0 saturated carbocycles. The number of nitrogens with two attached hydrogens (primary N) is 1. The number of amides is 1. The Morgan fingerprint density at radius 2 is 1.97 bits per heavy atom. The maximum Gasteiger partial charge on any atom is 0.410 e. The highest BCUT2D eigenvalue weighted by Crippen LogP contribution is 2.42. The second-order valence-electron chi connectivity index (χ2n) is 10.3. The number of benzene rings is 1. The Hall–Kier alpha value is -2.29. The number of ether oxygens (including phenoxy) is 1. The summed E-state index contributed by atoms with van der Waals surface area (Å²) in [6.07, 6.45) is 1.51. The van der Waals surface area contributed by atoms with E-state index in [0.29, 0.717) is 29.9 Å². The van der Waals surface area contributed by atoms with Gasteiger partial charge in [-0.1, -0.05) is 36.4 Å². The highest BCUT2D eigenvalue weighted by atomic mass is 32.2. The zero-order valence-electron chi connectivity index (χ0n) is 20.2. The smallest absolute Gasteiger partial charge is 0.410 e. The molecule has 1 aliphatic rings. The summed E-state index contributed by atoms with van der Waals surface area (Å²) in [5.41, 5.74) is 0.452. The summed E-state index contributed by atoms with van der Waals surface area (Å²) in [7, 11) is 0. The summed E-state index contributed by atoms with van der Waals surface area (Å²) >= 11 is -1.61. The van der Waals surface area contributed by atoms with Gasteiger partial charge in [0.05, 0.1) is 11.4 Å². The molecule has 0 spiro atoms. The first kappa shape index (κ1) is 25.3. The van der Waals surface area contributed by atoms with Crippen LogP contribution in [0.3, 0.4) is 0 Å². The van der Waals surface area contributed by atoms with E-state index in [4.69, 9.17) is 9.88 Å². The van der Waals surface area contributed by atoms with Crippen LogP contribution in [0.4, 0.5) is 10.6 Å². The molecule has 0 radical (unpaired) electrons. The van der Waals surface area contributed by atoms with Crippen molar-refractivity contribution in [3.05, 3.63) is 54.1 Å². The van der Waals surface area contributed by atoms with Gasteiger partial charge in [-0.25, -0.2) is 4.79 Å². The third kappa shape index (κ3) is 6.85. The van der Waals surface area contributed by atoms with Gasteiger partial charge in [0.15, 0.2) is 0 Å². The van der Waals surface area contributed by atoms with E-state index < -0.39 is 17.0 Å². The molecule has 8 heteroatoms. The normalized spacial score (nSPS) is 19.7. The summed E-state index contributed by atoms with van der Waals surface area (Å²) in [6, 6.07) is 15.7. The number of pyridine rings is 1. The van der Waals surface area contributed by atoms with Gasteiger partial charge in [0, 0.05) is 24.7 Å². The van der Waals surface area contributed by atoms with Crippen LogP contribution in [0.2, 0.25) is 0 Å². The van der Waals surface area contributed by atoms with Crippen molar-refractivity contribution >= 4 is 23.3 Å². The summed E-state index contributed by atoms with van der Waals surface area (Å²) < 4.78 is 17.2. The lowest BCUT2D eigenvalue weighted by Crippen LogP contribution is -2.45. The first-order valence-electron chi connectivity index (χ1n) is 11.4. The van der Waals surface area contributed by atoms with Crippen molar-refractivity contribution in [1.82, 2.24) is 9.88 Å². The van der Waals surface area contributed by atoms with Crippen LogP contribution >= 0.6 is 0 Å². The summed E-state index contributed by atoms with van der Waals surface area (Å²) in [6.45, 7) is 11.3. The number of aromatic nitrogens is 1. The second kappa shape index (κ2) is 10.3. The van der Waals surface area contributed by atoms with Crippen LogP contribution in [0.25, 0.3) is 0 Å². The summed E-state index contributed by atoms with van der Waals surface area (Å²) in [5, 5.41) is 9.15. The van der Waals surface area contributed by atoms with E-state index in [1.807, 2.05) is 37.8 Å². The molecule has 0 aliphatic carbocycles. The Bertz CT molecular complexity index is 931. The number of carbonyl (C=O) groups is 1. The van der Waals surface area contributed by atoms with E-state index in [-0.39, 0.29) is 17.6 Å². The molecule has 3 atom stereocenters. The Kier molecular flexibility index (Phi) is 7.92. The molecule has 33 heavy (non-hydrogen) atoms. The lowest BCUT2D eigenvalue weighted by Gasteiger charge is -2.33. The molecule has 3 rings (SSSR count). The van der Waals surface area contributed by atoms with Crippen LogP contribution in [0.5, 0.6) is 0 Å². The Morgan fingerprint density at radius 1 is 1.27 bits per heavy atom. The molecule has 2 aromatic rings. The van der Waals surface area contributed by atoms with Gasteiger partial charge in [0.1, 0.15) is 11.4 Å². The average Bonchev–Trinajstić information content (AvgIpc) is 3.06. The van der Waals surface area contributed by atoms with Crippen LogP contribution in [0.15, 0.2) is 53.6 Å². The highest BCUT2D eigenvalue weighted by molar-refractivity contribution is 7.89. The fourth-order valence-electron chi connectivity index (χ4n) is 4.56. The predicted octanol–water partition coefficient (Wildman–Crippen LogP) is 4.68. The van der Waals surface area contributed by atoms with Crippen LogP contribution in [-0.4, -0.2) is 44.8 Å². The monoisotopic (exact) mass is 472 g/mol. The van der Waals surface area contributed by atoms with Crippen molar-refractivity contribution in [2.75, 3.05) is 18.4 Å². The van der Waals surface area contributed by atoms with Gasteiger partial charge in [0.25, 0.3) is 5.03 Å². The molecule has 180 valence electrons. The maximum absolute atomic E-state index is 12.9. The van der Waals surface area contributed by atoms with Crippen molar-refractivity contribution in [3.8, 4) is 0 Å². The second-order valence-corrected chi connectivity index (χ2v) is 11.3. The molecule has 0 bridgehead atoms. The predicted molar refractivity (Wildman–Crippen MR) is 132 cm³/mol. The third-order valence-corrected chi connectivity index (χ3v) is 6.65. The van der Waals surface area contributed by atoms with Gasteiger partial charge >= 0.3 is 6.09 Å². The van der Waals surface area contributed by atoms with Gasteiger partial charge in [-0.05, 0) is 70.9 Å². The first-order chi connectivity index (χ1) is 15.5. The number of carbonyl (C=O) groups excluding carboxylic acids is 1. The summed E-state index contributed by atoms with van der Waals surface area (Å²) in [5.74, 6) is 1.21. The van der Waals surface area contributed by atoms with Gasteiger partial charge in [-0.15, -0.1) is 5.14 Å². The molecule has 1 saturated heterocycles. The van der Waals surface area contributed by atoms with Crippen molar-refractivity contribution < 1.29 is 14.1 Å². The molecule has 1 aromatic carbocycles. The van der Waals surface area contributed by atoms with Crippen molar-refractivity contribution in [2.45, 2.75) is 69.5 Å². The Labute approximate surface area is 200 Å². The van der Waals surface area contributed by atoms with Gasteiger partial charge in [0.2, 0.25) is 0 Å². The molecular weight excluding hydrogens is 436 g/mol. The molecule has 1 fully saturated rings. The minimum absolute atomic E-state index is 0.254. The van der Waals surface area contributed by atoms with Crippen LogP contribution in [-0.2, 0) is 16.1 Å². The molecule has 3 N–H and O–H groups in total. The van der Waals surface area contributed by atoms with Crippen LogP contribution < -0.4 is 10.5 Å². The Morgan fingerprint density at radius 3 is 2.61 bits per heavy atom. The number of hydrogen-bond donors (Lipinski definition) is 2. The minimum Gasteiger partial charge on any atom is -0.592 e. The molecule has 1 aliphatic heterocycles. The van der Waals surface area contributed by atoms with Crippen molar-refractivity contribution in [1.29, 1.82) is 0 Å². The van der Waals surface area contributed by atoms with E-state index in [1.165, 1.54) is 5.56 Å². The molecular formula is C25H36N4O3S. The minimum atomic E-state index is -1.61. The molecule has 1 amide bonds. The highest BCUT2D eigenvalue weighted by Gasteiger charge is 2.45. The average molecular weight is 473 g/mol. The number of anilines is 1. The lowest BCUT2D eigenvalue weighted by molar-refractivity contribution is 0.0130. The quantitative estimate of drug-likeness (QED) is 0.567. The third-order valence-electron chi connectivity index (χ3n) is 6.01. The van der Waals surface area contributed by atoms with E-state index >= 15 is 0 Å². The SMILES string of the molecule is CC(C)(C)OC(=O)N1CC(C(CCNc2cccc([S+](N)[O-])n2)c2ccccc2)CC1(C)C. The number of hydrogen-bond acceptors (Lipinski definition) is 6. The van der Waals surface area contributed by atoms with Crippen LogP contribution in [0.1, 0.15) is 58.9 Å². The zero-order chi connectivity index (χ0) is 24.2. The number of nitrogens with one attached hydrogen (secondary N) is 1. The van der Waals surface area contributed by atoms with E-state index in [1.54, 1.807) is 12.1 Å². The number of likely N-dealkylation sites (tertiary alicyclic amines) is 1. The van der Waals surface area contributed by atoms with Crippen LogP contribution in [0, 0.1) is 5.92 Å². The van der Waals surface area contributed by atoms with E-state index in [9.17, 15) is 9.35 Å². The molecule has 2 heterocycles. The van der Waals surface area contributed by atoms with Gasteiger partial charge < -0.3 is 19.5 Å². The largest absolute Gasteiger partial charge is 0.592 e. The topological polar surface area (TPSA) is 104 Å². The lowest BCUT2D eigenvalue weighted by atomic mass is 9.80. The van der Waals surface area contributed by atoms with Gasteiger partial charge in [-0.2, -0.15) is 4.98 Å². The zero-order valence-corrected chi connectivity index (χ0v) is 21.0. The summed E-state index contributed by atoms with van der Waals surface area (Å²) in [4.78, 5) is 19.1. The fourth-order valence-corrected chi connectivity index (χ4v) is 4.96. The van der Waals surface area contributed by atoms with Crippen molar-refractivity contribution in [3.63, 3.8) is 0 Å². The standard InChI is InChI=1S/C25H36N4O3S/c1-24(2,3)32-23(30)29-17-19(16-25(29,4)5)20(18-10-7-6-8-11-18)14-15-27-21-12-9-13-22(28-21)33(26)31/h6-13,19-20H,14-17,26H2,1-5H3,(H,27,28). The van der Waals surface area contributed by atoms with E-state index in [0.717, 1.165) is 12.8 Å². The van der Waals surface area contributed by atoms with Crippen molar-refractivity contribution in [2.24, 2.45) is 11.1 Å².